The molecule has 0 amide bonds. The fourth-order valence-corrected chi connectivity index (χ4v) is 8.12. The molecule has 0 aliphatic rings. The van der Waals surface area contributed by atoms with Gasteiger partial charge in [0.1, 0.15) is 0 Å². The fourth-order valence-electron chi connectivity index (χ4n) is 8.12. The Balaban J connectivity index is 0.947. The largest absolute Gasteiger partial charge is 0.310 e. The standard InChI is InChI=1S/C58H41N/c1-3-12-42(13-4-1)50-18-9-19-51(38-50)48-32-36-57(37-33-48)59(58-23-11-22-54(41-58)43-14-5-2-6-15-43)56-34-30-46(31-35-56)45-24-26-47(27-25-45)52-20-10-21-53(39-52)55-29-28-44-16-7-8-17-49(44)40-55/h1-41H. The molecule has 0 aromatic heterocycles. The number of hydrogen-bond donors (Lipinski definition) is 0. The Labute approximate surface area is 346 Å². The molecule has 10 aromatic rings. The zero-order valence-corrected chi connectivity index (χ0v) is 32.6. The van der Waals surface area contributed by atoms with Gasteiger partial charge in [-0.05, 0) is 132 Å². The average Bonchev–Trinajstić information content (AvgIpc) is 3.33. The topological polar surface area (TPSA) is 3.24 Å². The third-order valence-corrected chi connectivity index (χ3v) is 11.3. The molecule has 278 valence electrons. The molecule has 0 N–H and O–H groups in total. The summed E-state index contributed by atoms with van der Waals surface area (Å²) < 4.78 is 0. The Morgan fingerprint density at radius 3 is 1.00 bits per heavy atom. The van der Waals surface area contributed by atoms with Crippen LogP contribution in [0.5, 0.6) is 0 Å². The van der Waals surface area contributed by atoms with Gasteiger partial charge in [0.25, 0.3) is 0 Å². The average molecular weight is 752 g/mol. The summed E-state index contributed by atoms with van der Waals surface area (Å²) in [5.41, 5.74) is 17.7. The van der Waals surface area contributed by atoms with Crippen LogP contribution in [0.3, 0.4) is 0 Å². The van der Waals surface area contributed by atoms with E-state index in [1.54, 1.807) is 0 Å². The van der Waals surface area contributed by atoms with Gasteiger partial charge in [-0.1, -0.05) is 194 Å². The third kappa shape index (κ3) is 7.58. The molecule has 0 unspecified atom stereocenters. The molecule has 0 aliphatic heterocycles. The van der Waals surface area contributed by atoms with E-state index in [2.05, 4.69) is 254 Å². The normalized spacial score (nSPS) is 11.1. The highest BCUT2D eigenvalue weighted by atomic mass is 15.1. The molecule has 0 fully saturated rings. The quantitative estimate of drug-likeness (QED) is 0.142. The van der Waals surface area contributed by atoms with Gasteiger partial charge in [-0.2, -0.15) is 0 Å². The van der Waals surface area contributed by atoms with Crippen LogP contribution in [0.2, 0.25) is 0 Å². The summed E-state index contributed by atoms with van der Waals surface area (Å²) in [6, 6.07) is 89.7. The van der Waals surface area contributed by atoms with Crippen LogP contribution in [-0.4, -0.2) is 0 Å². The highest BCUT2D eigenvalue weighted by molar-refractivity contribution is 5.88. The lowest BCUT2D eigenvalue weighted by atomic mass is 9.96. The molecule has 0 spiro atoms. The molecule has 10 aromatic carbocycles. The van der Waals surface area contributed by atoms with E-state index in [4.69, 9.17) is 0 Å². The monoisotopic (exact) mass is 751 g/mol. The first-order chi connectivity index (χ1) is 29.2. The van der Waals surface area contributed by atoms with Gasteiger partial charge >= 0.3 is 0 Å². The van der Waals surface area contributed by atoms with Gasteiger partial charge in [-0.3, -0.25) is 0 Å². The third-order valence-electron chi connectivity index (χ3n) is 11.3. The van der Waals surface area contributed by atoms with Crippen LogP contribution in [0.4, 0.5) is 17.1 Å². The predicted molar refractivity (Wildman–Crippen MR) is 251 cm³/mol. The summed E-state index contributed by atoms with van der Waals surface area (Å²) in [4.78, 5) is 2.35. The minimum absolute atomic E-state index is 1.10. The Bertz CT molecular complexity index is 3000. The van der Waals surface area contributed by atoms with E-state index in [1.165, 1.54) is 77.5 Å². The predicted octanol–water partition coefficient (Wildman–Crippen LogP) is 16.3. The van der Waals surface area contributed by atoms with Gasteiger partial charge in [-0.15, -0.1) is 0 Å². The second kappa shape index (κ2) is 16.0. The molecule has 0 saturated heterocycles. The number of rotatable bonds is 9. The van der Waals surface area contributed by atoms with E-state index >= 15 is 0 Å². The first-order valence-electron chi connectivity index (χ1n) is 20.2. The number of benzene rings is 10. The minimum atomic E-state index is 1.10. The van der Waals surface area contributed by atoms with Crippen molar-refractivity contribution in [2.45, 2.75) is 0 Å². The van der Waals surface area contributed by atoms with Crippen LogP contribution in [0.1, 0.15) is 0 Å². The van der Waals surface area contributed by atoms with E-state index < -0.39 is 0 Å². The first-order valence-corrected chi connectivity index (χ1v) is 20.2. The SMILES string of the molecule is c1ccc(-c2cccc(-c3ccc(N(c4ccc(-c5ccc(-c6cccc(-c7ccc8ccccc8c7)c6)cc5)cc4)c4cccc(-c5ccccc5)c4)cc3)c2)cc1. The van der Waals surface area contributed by atoms with Crippen molar-refractivity contribution < 1.29 is 0 Å². The molecular formula is C58H41N. The van der Waals surface area contributed by atoms with E-state index in [0.717, 1.165) is 17.1 Å². The van der Waals surface area contributed by atoms with E-state index in [0.29, 0.717) is 0 Å². The van der Waals surface area contributed by atoms with Crippen molar-refractivity contribution in [3.05, 3.63) is 249 Å². The second-order valence-electron chi connectivity index (χ2n) is 15.0. The van der Waals surface area contributed by atoms with E-state index in [9.17, 15) is 0 Å². The highest BCUT2D eigenvalue weighted by Crippen LogP contribution is 2.39. The van der Waals surface area contributed by atoms with Gasteiger partial charge in [0, 0.05) is 17.1 Å². The Hall–Kier alpha value is -7.74. The van der Waals surface area contributed by atoms with Gasteiger partial charge in [0.2, 0.25) is 0 Å². The zero-order chi connectivity index (χ0) is 39.4. The number of anilines is 3. The molecule has 59 heavy (non-hydrogen) atoms. The molecule has 10 rings (SSSR count). The van der Waals surface area contributed by atoms with Crippen molar-refractivity contribution in [3.63, 3.8) is 0 Å². The Morgan fingerprint density at radius 2 is 0.492 bits per heavy atom. The maximum atomic E-state index is 2.35. The van der Waals surface area contributed by atoms with Gasteiger partial charge in [0.15, 0.2) is 0 Å². The van der Waals surface area contributed by atoms with Crippen LogP contribution >= 0.6 is 0 Å². The van der Waals surface area contributed by atoms with Crippen LogP contribution in [0.15, 0.2) is 249 Å². The summed E-state index contributed by atoms with van der Waals surface area (Å²) in [6.45, 7) is 0. The molecular weight excluding hydrogens is 711 g/mol. The lowest BCUT2D eigenvalue weighted by Gasteiger charge is -2.26. The lowest BCUT2D eigenvalue weighted by Crippen LogP contribution is -2.10. The van der Waals surface area contributed by atoms with Crippen molar-refractivity contribution in [2.75, 3.05) is 4.90 Å². The van der Waals surface area contributed by atoms with Crippen LogP contribution in [-0.2, 0) is 0 Å². The van der Waals surface area contributed by atoms with Crippen molar-refractivity contribution in [3.8, 4) is 66.8 Å². The molecule has 0 saturated carbocycles. The molecule has 0 atom stereocenters. The minimum Gasteiger partial charge on any atom is -0.310 e. The first kappa shape index (κ1) is 35.7. The van der Waals surface area contributed by atoms with Gasteiger partial charge in [0.05, 0.1) is 0 Å². The molecule has 1 nitrogen and oxygen atoms in total. The summed E-state index contributed by atoms with van der Waals surface area (Å²) >= 11 is 0. The van der Waals surface area contributed by atoms with Crippen molar-refractivity contribution in [1.82, 2.24) is 0 Å². The Morgan fingerprint density at radius 1 is 0.169 bits per heavy atom. The molecule has 0 radical (unpaired) electrons. The zero-order valence-electron chi connectivity index (χ0n) is 32.6. The van der Waals surface area contributed by atoms with Crippen molar-refractivity contribution in [1.29, 1.82) is 0 Å². The van der Waals surface area contributed by atoms with Crippen molar-refractivity contribution >= 4 is 27.8 Å². The molecule has 0 heterocycles. The maximum Gasteiger partial charge on any atom is 0.0467 e. The maximum absolute atomic E-state index is 2.35. The summed E-state index contributed by atoms with van der Waals surface area (Å²) in [5, 5.41) is 2.52. The molecule has 0 bridgehead atoms. The highest BCUT2D eigenvalue weighted by Gasteiger charge is 2.15. The fraction of sp³-hybridized carbons (Fsp3) is 0. The van der Waals surface area contributed by atoms with Crippen LogP contribution in [0.25, 0.3) is 77.5 Å². The van der Waals surface area contributed by atoms with Gasteiger partial charge < -0.3 is 4.90 Å². The van der Waals surface area contributed by atoms with Crippen LogP contribution < -0.4 is 4.90 Å². The Kier molecular flexibility index (Phi) is 9.68. The smallest absolute Gasteiger partial charge is 0.0467 e. The van der Waals surface area contributed by atoms with Crippen LogP contribution in [0, 0.1) is 0 Å². The van der Waals surface area contributed by atoms with E-state index in [1.807, 2.05) is 0 Å². The summed E-state index contributed by atoms with van der Waals surface area (Å²) in [5.74, 6) is 0. The number of nitrogens with zero attached hydrogens (tertiary/aromatic N) is 1. The molecule has 0 aliphatic carbocycles. The summed E-state index contributed by atoms with van der Waals surface area (Å²) in [7, 11) is 0. The van der Waals surface area contributed by atoms with Crippen molar-refractivity contribution in [2.24, 2.45) is 0 Å². The molecule has 1 heteroatoms. The number of fused-ring (bicyclic) bond motifs is 1. The van der Waals surface area contributed by atoms with Gasteiger partial charge in [-0.25, -0.2) is 0 Å². The lowest BCUT2D eigenvalue weighted by molar-refractivity contribution is 1.28. The van der Waals surface area contributed by atoms with E-state index in [-0.39, 0.29) is 0 Å². The summed E-state index contributed by atoms with van der Waals surface area (Å²) in [6.07, 6.45) is 0. The number of hydrogen-bond acceptors (Lipinski definition) is 1. The second-order valence-corrected chi connectivity index (χ2v) is 15.0.